The van der Waals surface area contributed by atoms with Gasteiger partial charge in [-0.25, -0.2) is 4.98 Å². The van der Waals surface area contributed by atoms with Crippen LogP contribution in [0, 0.1) is 10.1 Å². The molecule has 0 spiro atoms. The second-order valence-corrected chi connectivity index (χ2v) is 7.06. The van der Waals surface area contributed by atoms with Crippen molar-refractivity contribution in [2.24, 2.45) is 0 Å². The Morgan fingerprint density at radius 2 is 2.17 bits per heavy atom. The second kappa shape index (κ2) is 5.95. The average molecular weight is 365 g/mol. The predicted molar refractivity (Wildman–Crippen MR) is 74.4 cm³/mol. The van der Waals surface area contributed by atoms with Crippen LogP contribution in [0.25, 0.3) is 0 Å². The van der Waals surface area contributed by atoms with Gasteiger partial charge >= 0.3 is 5.69 Å². The third kappa shape index (κ3) is 3.19. The van der Waals surface area contributed by atoms with Crippen molar-refractivity contribution >= 4 is 56.5 Å². The van der Waals surface area contributed by atoms with E-state index >= 15 is 0 Å². The minimum absolute atomic E-state index is 0.0460. The van der Waals surface area contributed by atoms with Crippen molar-refractivity contribution in [3.05, 3.63) is 26.9 Å². The van der Waals surface area contributed by atoms with E-state index in [1.54, 1.807) is 0 Å². The van der Waals surface area contributed by atoms with Gasteiger partial charge < -0.3 is 0 Å². The van der Waals surface area contributed by atoms with Crippen molar-refractivity contribution in [3.63, 3.8) is 0 Å². The Kier molecular flexibility index (Phi) is 4.54. The van der Waals surface area contributed by atoms with Crippen LogP contribution in [-0.2, 0) is 0 Å². The molecule has 0 radical (unpaired) electrons. The van der Waals surface area contributed by atoms with E-state index in [1.165, 1.54) is 35.4 Å². The zero-order valence-electron chi connectivity index (χ0n) is 8.86. The maximum Gasteiger partial charge on any atom is 0.302 e. The summed E-state index contributed by atoms with van der Waals surface area (Å²) in [6.07, 6.45) is 3.42. The fourth-order valence-corrected chi connectivity index (χ4v) is 3.74. The molecule has 0 amide bonds. The molecule has 0 aromatic carbocycles. The first-order valence-electron chi connectivity index (χ1n) is 4.45. The third-order valence-corrected chi connectivity index (χ3v) is 5.13. The molecule has 18 heavy (non-hydrogen) atoms. The highest BCUT2D eigenvalue weighted by molar-refractivity contribution is 9.10. The standard InChI is InChI=1S/C8H5BrN4O2S3/c1-16-7-11-12-8(18-7)17-6-5(13(14)15)2-4(9)3-10-6/h2-3H,1H3. The summed E-state index contributed by atoms with van der Waals surface area (Å²) in [5, 5.41) is 19.1. The molecule has 0 aliphatic rings. The summed E-state index contributed by atoms with van der Waals surface area (Å²) in [7, 11) is 0. The lowest BCUT2D eigenvalue weighted by molar-refractivity contribution is -0.388. The van der Waals surface area contributed by atoms with Gasteiger partial charge in [-0.15, -0.1) is 10.2 Å². The minimum atomic E-state index is -0.462. The molecule has 0 aliphatic carbocycles. The maximum atomic E-state index is 10.9. The van der Waals surface area contributed by atoms with Crippen LogP contribution in [0.5, 0.6) is 0 Å². The molecule has 2 aromatic heterocycles. The number of nitrogens with zero attached hydrogens (tertiary/aromatic N) is 4. The van der Waals surface area contributed by atoms with Crippen LogP contribution in [0.3, 0.4) is 0 Å². The first-order chi connectivity index (χ1) is 8.60. The van der Waals surface area contributed by atoms with E-state index in [4.69, 9.17) is 0 Å². The van der Waals surface area contributed by atoms with Gasteiger partial charge in [0, 0.05) is 16.7 Å². The van der Waals surface area contributed by atoms with Gasteiger partial charge in [0.15, 0.2) is 13.7 Å². The quantitative estimate of drug-likeness (QED) is 0.466. The van der Waals surface area contributed by atoms with Crippen molar-refractivity contribution in [1.82, 2.24) is 15.2 Å². The molecular weight excluding hydrogens is 360 g/mol. The topological polar surface area (TPSA) is 81.8 Å². The number of thioether (sulfide) groups is 1. The lowest BCUT2D eigenvalue weighted by Crippen LogP contribution is -1.93. The number of hydrogen-bond acceptors (Lipinski definition) is 8. The summed E-state index contributed by atoms with van der Waals surface area (Å²) >= 11 is 7.17. The molecule has 0 atom stereocenters. The Bertz CT molecular complexity index is 591. The lowest BCUT2D eigenvalue weighted by Gasteiger charge is -1.99. The van der Waals surface area contributed by atoms with Crippen LogP contribution >= 0.6 is 50.8 Å². The van der Waals surface area contributed by atoms with Crippen molar-refractivity contribution in [1.29, 1.82) is 0 Å². The van der Waals surface area contributed by atoms with Crippen LogP contribution in [0.2, 0.25) is 0 Å². The molecule has 0 saturated heterocycles. The maximum absolute atomic E-state index is 10.9. The highest BCUT2D eigenvalue weighted by Crippen LogP contribution is 2.36. The summed E-state index contributed by atoms with van der Waals surface area (Å²) in [6.45, 7) is 0. The minimum Gasteiger partial charge on any atom is -0.258 e. The van der Waals surface area contributed by atoms with E-state index in [-0.39, 0.29) is 5.69 Å². The summed E-state index contributed by atoms with van der Waals surface area (Å²) in [5.41, 5.74) is -0.0460. The third-order valence-electron chi connectivity index (χ3n) is 1.74. The Balaban J connectivity index is 2.30. The molecule has 0 saturated carbocycles. The Hall–Kier alpha value is -0.710. The van der Waals surface area contributed by atoms with Crippen LogP contribution in [0.4, 0.5) is 5.69 Å². The summed E-state index contributed by atoms with van der Waals surface area (Å²) in [6, 6.07) is 1.42. The van der Waals surface area contributed by atoms with E-state index in [1.807, 2.05) is 6.26 Å². The van der Waals surface area contributed by atoms with E-state index in [2.05, 4.69) is 31.1 Å². The summed E-state index contributed by atoms with van der Waals surface area (Å²) in [5.74, 6) is 0. The number of aromatic nitrogens is 3. The van der Waals surface area contributed by atoms with Crippen molar-refractivity contribution in [2.75, 3.05) is 6.26 Å². The highest BCUT2D eigenvalue weighted by atomic mass is 79.9. The number of hydrogen-bond donors (Lipinski definition) is 0. The van der Waals surface area contributed by atoms with Gasteiger partial charge in [0.25, 0.3) is 0 Å². The molecule has 6 nitrogen and oxygen atoms in total. The molecule has 94 valence electrons. The Morgan fingerprint density at radius 3 is 2.78 bits per heavy atom. The Labute approximate surface area is 123 Å². The van der Waals surface area contributed by atoms with E-state index in [0.29, 0.717) is 13.8 Å². The summed E-state index contributed by atoms with van der Waals surface area (Å²) < 4.78 is 2.02. The van der Waals surface area contributed by atoms with Gasteiger partial charge in [0.1, 0.15) is 0 Å². The SMILES string of the molecule is CSc1nnc(Sc2ncc(Br)cc2[N+](=O)[O-])s1. The van der Waals surface area contributed by atoms with E-state index < -0.39 is 4.92 Å². The van der Waals surface area contributed by atoms with Gasteiger partial charge in [-0.3, -0.25) is 10.1 Å². The molecule has 0 fully saturated rings. The number of rotatable bonds is 4. The highest BCUT2D eigenvalue weighted by Gasteiger charge is 2.18. The average Bonchev–Trinajstić information content (AvgIpc) is 2.79. The lowest BCUT2D eigenvalue weighted by atomic mass is 10.4. The summed E-state index contributed by atoms with van der Waals surface area (Å²) in [4.78, 5) is 14.5. The molecule has 0 N–H and O–H groups in total. The molecular formula is C8H5BrN4O2S3. The molecule has 0 unspecified atom stereocenters. The van der Waals surface area contributed by atoms with Crippen LogP contribution in [0.15, 0.2) is 30.4 Å². The van der Waals surface area contributed by atoms with Gasteiger partial charge in [0.05, 0.1) is 4.92 Å². The van der Waals surface area contributed by atoms with Crippen molar-refractivity contribution in [3.8, 4) is 0 Å². The normalized spacial score (nSPS) is 10.6. The fraction of sp³-hybridized carbons (Fsp3) is 0.125. The molecule has 2 rings (SSSR count). The Morgan fingerprint density at radius 1 is 1.44 bits per heavy atom. The van der Waals surface area contributed by atoms with Crippen molar-refractivity contribution < 1.29 is 4.92 Å². The number of halogens is 1. The fourth-order valence-electron chi connectivity index (χ4n) is 1.03. The smallest absolute Gasteiger partial charge is 0.258 e. The molecule has 0 bridgehead atoms. The van der Waals surface area contributed by atoms with Gasteiger partial charge in [-0.1, -0.05) is 23.1 Å². The van der Waals surface area contributed by atoms with Crippen LogP contribution in [-0.4, -0.2) is 26.4 Å². The second-order valence-electron chi connectivity index (χ2n) is 2.87. The van der Waals surface area contributed by atoms with Crippen LogP contribution < -0.4 is 0 Å². The zero-order valence-corrected chi connectivity index (χ0v) is 12.9. The predicted octanol–water partition coefficient (Wildman–Crippen LogP) is 3.48. The molecule has 2 heterocycles. The van der Waals surface area contributed by atoms with Crippen molar-refractivity contribution in [2.45, 2.75) is 13.7 Å². The van der Waals surface area contributed by atoms with Gasteiger partial charge in [0.2, 0.25) is 0 Å². The zero-order chi connectivity index (χ0) is 13.1. The molecule has 0 aliphatic heterocycles. The van der Waals surface area contributed by atoms with E-state index in [9.17, 15) is 10.1 Å². The largest absolute Gasteiger partial charge is 0.302 e. The number of nitro groups is 1. The van der Waals surface area contributed by atoms with Crippen LogP contribution in [0.1, 0.15) is 0 Å². The molecule has 2 aromatic rings. The van der Waals surface area contributed by atoms with Gasteiger partial charge in [-0.05, 0) is 33.9 Å². The van der Waals surface area contributed by atoms with Gasteiger partial charge in [-0.2, -0.15) is 0 Å². The first kappa shape index (κ1) is 13.7. The first-order valence-corrected chi connectivity index (χ1v) is 8.10. The van der Waals surface area contributed by atoms with E-state index in [0.717, 1.165) is 16.1 Å². The number of pyridine rings is 1. The monoisotopic (exact) mass is 364 g/mol. The molecule has 10 heteroatoms.